The number of para-hydroxylation sites is 1. The first-order chi connectivity index (χ1) is 22.6. The number of nitrogens with zero attached hydrogens (tertiary/aromatic N) is 3. The summed E-state index contributed by atoms with van der Waals surface area (Å²) in [5, 5.41) is 5.50. The molecule has 2 N–H and O–H groups in total. The standard InChI is InChI=1S/C35H45ClF3N5O3/c1-40-32-27(35(37,38)39)19-24(20-28(32)36)21-30(33(46)44-15-9-25(10-16-44)43-13-5-2-6-14-43)47-23-42-17-11-34(12-18-42)22-31(45)41-29-8-4-3-7-26(29)34/h3-4,7-8,19-20,25,30,40H,2,5-6,9-18,21-23H2,1H3,(H,41,45)/t30-/m1/s1. The lowest BCUT2D eigenvalue weighted by Gasteiger charge is -2.45. The van der Waals surface area contributed by atoms with Gasteiger partial charge in [0.15, 0.2) is 0 Å². The lowest BCUT2D eigenvalue weighted by Crippen LogP contribution is -2.52. The van der Waals surface area contributed by atoms with Gasteiger partial charge in [-0.05, 0) is 80.9 Å². The number of halogens is 4. The Kier molecular flexibility index (Phi) is 10.4. The van der Waals surface area contributed by atoms with Crippen molar-refractivity contribution in [2.45, 2.75) is 81.5 Å². The van der Waals surface area contributed by atoms with Crippen molar-refractivity contribution < 1.29 is 27.5 Å². The zero-order valence-electron chi connectivity index (χ0n) is 27.0. The fraction of sp³-hybridized carbons (Fsp3) is 0.600. The van der Waals surface area contributed by atoms with Gasteiger partial charge in [-0.2, -0.15) is 13.2 Å². The third-order valence-electron chi connectivity index (χ3n) is 10.6. The molecule has 4 aliphatic heterocycles. The molecule has 12 heteroatoms. The van der Waals surface area contributed by atoms with E-state index in [1.54, 1.807) is 0 Å². The van der Waals surface area contributed by atoms with Crippen LogP contribution in [0.4, 0.5) is 24.5 Å². The Bertz CT molecular complexity index is 1430. The van der Waals surface area contributed by atoms with Crippen molar-refractivity contribution in [2.24, 2.45) is 0 Å². The van der Waals surface area contributed by atoms with Crippen LogP contribution >= 0.6 is 11.6 Å². The van der Waals surface area contributed by atoms with E-state index in [-0.39, 0.29) is 41.1 Å². The minimum atomic E-state index is -4.62. The largest absolute Gasteiger partial charge is 0.418 e. The van der Waals surface area contributed by atoms with Crippen LogP contribution in [0.3, 0.4) is 0 Å². The van der Waals surface area contributed by atoms with Gasteiger partial charge in [-0.25, -0.2) is 0 Å². The highest BCUT2D eigenvalue weighted by molar-refractivity contribution is 6.33. The van der Waals surface area contributed by atoms with Crippen molar-refractivity contribution in [3.63, 3.8) is 0 Å². The molecule has 0 radical (unpaired) electrons. The van der Waals surface area contributed by atoms with Gasteiger partial charge >= 0.3 is 6.18 Å². The molecule has 256 valence electrons. The van der Waals surface area contributed by atoms with E-state index in [2.05, 4.69) is 26.5 Å². The molecule has 2 aromatic rings. The number of fused-ring (bicyclic) bond motifs is 2. The summed E-state index contributed by atoms with van der Waals surface area (Å²) in [6.45, 7) is 4.90. The van der Waals surface area contributed by atoms with Crippen LogP contribution in [0.2, 0.25) is 5.02 Å². The van der Waals surface area contributed by atoms with E-state index in [4.69, 9.17) is 16.3 Å². The van der Waals surface area contributed by atoms with Gasteiger partial charge in [0.05, 0.1) is 16.3 Å². The van der Waals surface area contributed by atoms with E-state index in [0.717, 1.165) is 56.1 Å². The minimum absolute atomic E-state index is 0.0179. The average molecular weight is 676 g/mol. The maximum atomic E-state index is 14.0. The molecule has 6 rings (SSSR count). The van der Waals surface area contributed by atoms with Crippen LogP contribution in [-0.4, -0.2) is 91.7 Å². The zero-order valence-corrected chi connectivity index (χ0v) is 27.8. The fourth-order valence-electron chi connectivity index (χ4n) is 8.03. The number of likely N-dealkylation sites (tertiary alicyclic amines) is 3. The molecule has 47 heavy (non-hydrogen) atoms. The first-order valence-corrected chi connectivity index (χ1v) is 17.3. The van der Waals surface area contributed by atoms with Crippen LogP contribution in [0.1, 0.15) is 68.1 Å². The number of carbonyl (C=O) groups is 2. The number of rotatable bonds is 8. The van der Waals surface area contributed by atoms with Crippen molar-refractivity contribution >= 4 is 34.8 Å². The summed E-state index contributed by atoms with van der Waals surface area (Å²) in [6.07, 6.45) is 1.79. The van der Waals surface area contributed by atoms with Crippen molar-refractivity contribution in [3.05, 3.63) is 58.1 Å². The molecule has 4 aliphatic rings. The Hall–Kier alpha value is -2.86. The number of carbonyl (C=O) groups excluding carboxylic acids is 2. The van der Waals surface area contributed by atoms with Crippen LogP contribution in [0.5, 0.6) is 0 Å². The van der Waals surface area contributed by atoms with Gasteiger partial charge < -0.3 is 25.2 Å². The van der Waals surface area contributed by atoms with E-state index >= 15 is 0 Å². The number of hydrogen-bond donors (Lipinski definition) is 2. The Labute approximate surface area is 279 Å². The third-order valence-corrected chi connectivity index (χ3v) is 10.9. The summed E-state index contributed by atoms with van der Waals surface area (Å²) in [5.74, 6) is -0.180. The quantitative estimate of drug-likeness (QED) is 0.350. The Morgan fingerprint density at radius 2 is 1.77 bits per heavy atom. The van der Waals surface area contributed by atoms with Crippen molar-refractivity contribution in [1.82, 2.24) is 14.7 Å². The molecule has 2 aromatic carbocycles. The first kappa shape index (κ1) is 34.0. The molecule has 0 bridgehead atoms. The number of amides is 2. The van der Waals surface area contributed by atoms with Gasteiger partial charge in [0, 0.05) is 63.2 Å². The summed E-state index contributed by atoms with van der Waals surface area (Å²) < 4.78 is 48.3. The molecule has 0 unspecified atom stereocenters. The number of benzene rings is 2. The van der Waals surface area contributed by atoms with Gasteiger partial charge in [-0.3, -0.25) is 14.5 Å². The van der Waals surface area contributed by atoms with Crippen molar-refractivity contribution in [3.8, 4) is 0 Å². The van der Waals surface area contributed by atoms with Crippen LogP contribution in [0.15, 0.2) is 36.4 Å². The summed E-state index contributed by atoms with van der Waals surface area (Å²) in [5.41, 5.74) is 1.02. The number of ether oxygens (including phenoxy) is 1. The second kappa shape index (κ2) is 14.3. The SMILES string of the molecule is CNc1c(Cl)cc(C[C@@H](OCN2CCC3(CC2)CC(=O)Nc2ccccc23)C(=O)N2CCC(N3CCCCC3)CC2)cc1C(F)(F)F. The zero-order chi connectivity index (χ0) is 33.2. The number of hydrogen-bond acceptors (Lipinski definition) is 6. The molecule has 3 fully saturated rings. The average Bonchev–Trinajstić information content (AvgIpc) is 3.07. The van der Waals surface area contributed by atoms with Gasteiger partial charge in [0.1, 0.15) is 12.8 Å². The maximum absolute atomic E-state index is 14.0. The van der Waals surface area contributed by atoms with E-state index in [1.807, 2.05) is 23.1 Å². The molecule has 0 saturated carbocycles. The monoisotopic (exact) mass is 675 g/mol. The molecular formula is C35H45ClF3N5O3. The number of alkyl halides is 3. The van der Waals surface area contributed by atoms with Crippen LogP contribution in [0, 0.1) is 0 Å². The Balaban J connectivity index is 1.16. The molecule has 1 spiro atoms. The third kappa shape index (κ3) is 7.58. The summed E-state index contributed by atoms with van der Waals surface area (Å²) in [6, 6.07) is 11.0. The number of piperidine rings is 3. The summed E-state index contributed by atoms with van der Waals surface area (Å²) in [7, 11) is 1.40. The van der Waals surface area contributed by atoms with Gasteiger partial charge in [0.2, 0.25) is 5.91 Å². The molecule has 8 nitrogen and oxygen atoms in total. The molecule has 2 amide bonds. The van der Waals surface area contributed by atoms with Gasteiger partial charge in [0.25, 0.3) is 5.91 Å². The maximum Gasteiger partial charge on any atom is 0.418 e. The molecule has 4 heterocycles. The van der Waals surface area contributed by atoms with E-state index in [0.29, 0.717) is 44.2 Å². The van der Waals surface area contributed by atoms with Gasteiger partial charge in [-0.1, -0.05) is 36.2 Å². The highest BCUT2D eigenvalue weighted by Gasteiger charge is 2.43. The first-order valence-electron chi connectivity index (χ1n) is 16.9. The van der Waals surface area contributed by atoms with Crippen LogP contribution < -0.4 is 10.6 Å². The lowest BCUT2D eigenvalue weighted by atomic mass is 9.68. The second-order valence-corrected chi connectivity index (χ2v) is 14.0. The van der Waals surface area contributed by atoms with Crippen molar-refractivity contribution in [2.75, 3.05) is 63.7 Å². The molecular weight excluding hydrogens is 631 g/mol. The van der Waals surface area contributed by atoms with E-state index in [1.165, 1.54) is 32.4 Å². The highest BCUT2D eigenvalue weighted by Crippen LogP contribution is 2.45. The normalized spacial score (nSPS) is 21.7. The topological polar surface area (TPSA) is 77.1 Å². The predicted molar refractivity (Wildman–Crippen MR) is 177 cm³/mol. The second-order valence-electron chi connectivity index (χ2n) is 13.6. The van der Waals surface area contributed by atoms with Gasteiger partial charge in [-0.15, -0.1) is 0 Å². The van der Waals surface area contributed by atoms with E-state index < -0.39 is 17.8 Å². The lowest BCUT2D eigenvalue weighted by molar-refractivity contribution is -0.149. The number of nitrogens with one attached hydrogen (secondary N) is 2. The Morgan fingerprint density at radius 3 is 2.45 bits per heavy atom. The van der Waals surface area contributed by atoms with Crippen LogP contribution in [-0.2, 0) is 32.3 Å². The molecule has 1 atom stereocenters. The molecule has 0 aromatic heterocycles. The minimum Gasteiger partial charge on any atom is -0.386 e. The Morgan fingerprint density at radius 1 is 1.06 bits per heavy atom. The fourth-order valence-corrected chi connectivity index (χ4v) is 8.37. The summed E-state index contributed by atoms with van der Waals surface area (Å²) in [4.78, 5) is 33.1. The highest BCUT2D eigenvalue weighted by atomic mass is 35.5. The number of anilines is 2. The molecule has 3 saturated heterocycles. The predicted octanol–water partition coefficient (Wildman–Crippen LogP) is 6.14. The van der Waals surface area contributed by atoms with E-state index in [9.17, 15) is 22.8 Å². The molecule has 0 aliphatic carbocycles. The van der Waals surface area contributed by atoms with Crippen LogP contribution in [0.25, 0.3) is 0 Å². The smallest absolute Gasteiger partial charge is 0.386 e. The van der Waals surface area contributed by atoms with Crippen molar-refractivity contribution in [1.29, 1.82) is 0 Å². The summed E-state index contributed by atoms with van der Waals surface area (Å²) >= 11 is 6.32.